The summed E-state index contributed by atoms with van der Waals surface area (Å²) in [4.78, 5) is 11.9. The number of hydrogen-bond donors (Lipinski definition) is 0. The number of carbonyl (C=O) groups is 1. The zero-order valence-corrected chi connectivity index (χ0v) is 16.5. The van der Waals surface area contributed by atoms with Crippen LogP contribution in [0.4, 0.5) is 0 Å². The molecule has 2 heterocycles. The van der Waals surface area contributed by atoms with Crippen molar-refractivity contribution in [1.29, 1.82) is 0 Å². The van der Waals surface area contributed by atoms with E-state index in [1.54, 1.807) is 7.11 Å². The summed E-state index contributed by atoms with van der Waals surface area (Å²) in [7, 11) is -0.467. The van der Waals surface area contributed by atoms with E-state index in [0.717, 1.165) is 6.29 Å². The van der Waals surface area contributed by atoms with Crippen molar-refractivity contribution in [2.75, 3.05) is 13.7 Å². The average molecular weight is 346 g/mol. The van der Waals surface area contributed by atoms with Crippen LogP contribution in [0, 0.1) is 0 Å². The molecule has 23 heavy (non-hydrogen) atoms. The van der Waals surface area contributed by atoms with Crippen molar-refractivity contribution in [3.8, 4) is 0 Å². The zero-order valence-electron chi connectivity index (χ0n) is 15.5. The summed E-state index contributed by atoms with van der Waals surface area (Å²) in [5.74, 6) is -0.749. The first-order valence-electron chi connectivity index (χ1n) is 8.04. The molecular formula is C16H30O6Si. The van der Waals surface area contributed by atoms with Gasteiger partial charge >= 0.3 is 0 Å². The molecule has 0 N–H and O–H groups in total. The molecule has 2 aliphatic heterocycles. The van der Waals surface area contributed by atoms with Crippen LogP contribution in [0.1, 0.15) is 34.6 Å². The van der Waals surface area contributed by atoms with Gasteiger partial charge in [0.05, 0.1) is 6.61 Å². The van der Waals surface area contributed by atoms with Crippen LogP contribution in [0.2, 0.25) is 18.1 Å². The first kappa shape index (κ1) is 19.0. The van der Waals surface area contributed by atoms with Gasteiger partial charge in [0, 0.05) is 7.11 Å². The largest absolute Gasteiger partial charge is 0.413 e. The lowest BCUT2D eigenvalue weighted by molar-refractivity contribution is -0.239. The first-order chi connectivity index (χ1) is 10.4. The number of rotatable bonds is 5. The number of methoxy groups -OCH3 is 1. The molecule has 0 aromatic rings. The Kier molecular flexibility index (Phi) is 4.87. The minimum atomic E-state index is -2.02. The highest BCUT2D eigenvalue weighted by Gasteiger charge is 2.63. The number of ether oxygens (including phenoxy) is 4. The molecule has 0 bridgehead atoms. The zero-order chi connectivity index (χ0) is 17.7. The molecule has 4 atom stereocenters. The highest BCUT2D eigenvalue weighted by molar-refractivity contribution is 6.74. The van der Waals surface area contributed by atoms with E-state index in [1.807, 2.05) is 13.8 Å². The highest BCUT2D eigenvalue weighted by atomic mass is 28.4. The van der Waals surface area contributed by atoms with Crippen molar-refractivity contribution in [3.63, 3.8) is 0 Å². The van der Waals surface area contributed by atoms with Gasteiger partial charge in [0.25, 0.3) is 0 Å². The lowest BCUT2D eigenvalue weighted by Gasteiger charge is -2.39. The second-order valence-electron chi connectivity index (χ2n) is 8.36. The third kappa shape index (κ3) is 3.40. The Labute approximate surface area is 139 Å². The molecule has 0 aromatic carbocycles. The van der Waals surface area contributed by atoms with Crippen molar-refractivity contribution < 1.29 is 28.2 Å². The van der Waals surface area contributed by atoms with Crippen LogP contribution >= 0.6 is 0 Å². The maximum Gasteiger partial charge on any atom is 0.192 e. The Hall–Kier alpha value is -0.313. The molecule has 2 fully saturated rings. The van der Waals surface area contributed by atoms with Crippen LogP contribution in [0.15, 0.2) is 0 Å². The van der Waals surface area contributed by atoms with Gasteiger partial charge in [-0.3, -0.25) is 4.79 Å². The van der Waals surface area contributed by atoms with Crippen molar-refractivity contribution >= 4 is 14.6 Å². The molecule has 0 aromatic heterocycles. The summed E-state index contributed by atoms with van der Waals surface area (Å²) in [6, 6.07) is 0. The second-order valence-corrected chi connectivity index (χ2v) is 13.2. The molecule has 0 saturated carbocycles. The Bertz CT molecular complexity index is 458. The van der Waals surface area contributed by atoms with E-state index in [4.69, 9.17) is 23.4 Å². The predicted molar refractivity (Wildman–Crippen MR) is 87.7 cm³/mol. The van der Waals surface area contributed by atoms with Gasteiger partial charge < -0.3 is 23.4 Å². The lowest BCUT2D eigenvalue weighted by atomic mass is 9.98. The summed E-state index contributed by atoms with van der Waals surface area (Å²) >= 11 is 0. The molecule has 6 nitrogen and oxygen atoms in total. The molecule has 0 amide bonds. The molecule has 0 aliphatic carbocycles. The average Bonchev–Trinajstić information content (AvgIpc) is 2.83. The second kappa shape index (κ2) is 5.89. The quantitative estimate of drug-likeness (QED) is 0.563. The smallest absolute Gasteiger partial charge is 0.192 e. The van der Waals surface area contributed by atoms with E-state index < -0.39 is 38.2 Å². The van der Waals surface area contributed by atoms with Gasteiger partial charge in [0.1, 0.15) is 12.2 Å². The normalized spacial score (nSPS) is 37.0. The van der Waals surface area contributed by atoms with Crippen LogP contribution in [-0.2, 0) is 28.2 Å². The molecular weight excluding hydrogens is 316 g/mol. The Balaban J connectivity index is 2.17. The van der Waals surface area contributed by atoms with E-state index >= 15 is 0 Å². The van der Waals surface area contributed by atoms with Crippen LogP contribution in [0.5, 0.6) is 0 Å². The molecule has 2 rings (SSSR count). The third-order valence-corrected chi connectivity index (χ3v) is 9.60. The van der Waals surface area contributed by atoms with Crippen LogP contribution < -0.4 is 0 Å². The lowest BCUT2D eigenvalue weighted by Crippen LogP contribution is -2.54. The monoisotopic (exact) mass is 346 g/mol. The van der Waals surface area contributed by atoms with Gasteiger partial charge in [-0.1, -0.05) is 20.8 Å². The van der Waals surface area contributed by atoms with Gasteiger partial charge in [-0.25, -0.2) is 0 Å². The van der Waals surface area contributed by atoms with Crippen molar-refractivity contribution in [1.82, 2.24) is 0 Å². The Morgan fingerprint density at radius 1 is 1.17 bits per heavy atom. The Morgan fingerprint density at radius 2 is 1.78 bits per heavy atom. The molecule has 2 aliphatic rings. The van der Waals surface area contributed by atoms with Gasteiger partial charge in [-0.2, -0.15) is 0 Å². The summed E-state index contributed by atoms with van der Waals surface area (Å²) in [5, 5.41) is 0.0448. The molecule has 2 saturated heterocycles. The van der Waals surface area contributed by atoms with Crippen molar-refractivity contribution in [3.05, 3.63) is 0 Å². The first-order valence-corrected chi connectivity index (χ1v) is 10.9. The fraction of sp³-hybridized carbons (Fsp3) is 0.938. The highest BCUT2D eigenvalue weighted by Crippen LogP contribution is 2.44. The van der Waals surface area contributed by atoms with E-state index in [2.05, 4.69) is 33.9 Å². The number of aldehydes is 1. The van der Waals surface area contributed by atoms with Crippen LogP contribution in [0.25, 0.3) is 0 Å². The van der Waals surface area contributed by atoms with Gasteiger partial charge in [-0.15, -0.1) is 0 Å². The molecule has 7 heteroatoms. The standard InChI is InChI=1S/C16H30O6Si/c1-14(2,3)23(7,8)19-10-16(9-17)12(18-6)11-13(22-16)21-15(4,5)20-11/h9,11-13H,10H2,1-8H3/t11-,12-,13+,16+/m1/s1. The van der Waals surface area contributed by atoms with Gasteiger partial charge in [0.2, 0.25) is 0 Å². The van der Waals surface area contributed by atoms with Crippen molar-refractivity contribution in [2.45, 2.75) is 82.6 Å². The minimum absolute atomic E-state index is 0.0448. The van der Waals surface area contributed by atoms with Crippen molar-refractivity contribution in [2.24, 2.45) is 0 Å². The maximum atomic E-state index is 11.9. The SMILES string of the molecule is CO[C@@H]1[C@H]2OC(C)(C)O[C@H]2O[C@@]1(C=O)CO[Si](C)(C)C(C)(C)C. The molecule has 0 unspecified atom stereocenters. The van der Waals surface area contributed by atoms with E-state index in [-0.39, 0.29) is 11.6 Å². The van der Waals surface area contributed by atoms with Gasteiger partial charge in [0.15, 0.2) is 32.3 Å². The molecule has 0 spiro atoms. The molecule has 0 radical (unpaired) electrons. The summed E-state index contributed by atoms with van der Waals surface area (Å²) in [6.45, 7) is 14.5. The number of fused-ring (bicyclic) bond motifs is 1. The van der Waals surface area contributed by atoms with Crippen LogP contribution in [-0.4, -0.2) is 58.2 Å². The van der Waals surface area contributed by atoms with Crippen LogP contribution in [0.3, 0.4) is 0 Å². The fourth-order valence-corrected chi connectivity index (χ4v) is 3.72. The van der Waals surface area contributed by atoms with E-state index in [0.29, 0.717) is 0 Å². The Morgan fingerprint density at radius 3 is 2.26 bits per heavy atom. The number of carbonyl (C=O) groups excluding carboxylic acids is 1. The van der Waals surface area contributed by atoms with E-state index in [1.165, 1.54) is 0 Å². The fourth-order valence-electron chi connectivity index (χ4n) is 2.70. The predicted octanol–water partition coefficient (Wildman–Crippen LogP) is 2.47. The summed E-state index contributed by atoms with van der Waals surface area (Å²) in [6.07, 6.45) is -0.852. The maximum absolute atomic E-state index is 11.9. The van der Waals surface area contributed by atoms with E-state index in [9.17, 15) is 4.79 Å². The topological polar surface area (TPSA) is 63.2 Å². The minimum Gasteiger partial charge on any atom is -0.413 e. The third-order valence-electron chi connectivity index (χ3n) is 5.12. The molecule has 134 valence electrons. The van der Waals surface area contributed by atoms with Gasteiger partial charge in [-0.05, 0) is 32.0 Å². The number of hydrogen-bond acceptors (Lipinski definition) is 6. The summed E-state index contributed by atoms with van der Waals surface area (Å²) < 4.78 is 29.3. The summed E-state index contributed by atoms with van der Waals surface area (Å²) in [5.41, 5.74) is -1.20.